The van der Waals surface area contributed by atoms with Crippen molar-refractivity contribution in [2.75, 3.05) is 0 Å². The zero-order valence-electron chi connectivity index (χ0n) is 6.81. The van der Waals surface area contributed by atoms with Crippen LogP contribution in [-0.4, -0.2) is 14.8 Å². The van der Waals surface area contributed by atoms with E-state index in [1.165, 1.54) is 11.3 Å². The van der Waals surface area contributed by atoms with Crippen molar-refractivity contribution in [1.82, 2.24) is 14.8 Å². The lowest BCUT2D eigenvalue weighted by atomic mass is 10.1. The highest BCUT2D eigenvalue weighted by Gasteiger charge is 2.06. The molecule has 0 N–H and O–H groups in total. The molecule has 60 valence electrons. The van der Waals surface area contributed by atoms with Gasteiger partial charge in [-0.2, -0.15) is 5.10 Å². The topological polar surface area (TPSA) is 30.7 Å². The van der Waals surface area contributed by atoms with Crippen LogP contribution >= 0.6 is 0 Å². The summed E-state index contributed by atoms with van der Waals surface area (Å²) in [5.41, 5.74) is 2.49. The van der Waals surface area contributed by atoms with Gasteiger partial charge in [-0.3, -0.25) is 9.67 Å². The Morgan fingerprint density at radius 1 is 1.33 bits per heavy atom. The highest BCUT2D eigenvalue weighted by molar-refractivity contribution is 5.68. The van der Waals surface area contributed by atoms with Crippen LogP contribution in [0.4, 0.5) is 0 Å². The number of aromatic nitrogens is 3. The van der Waals surface area contributed by atoms with Crippen LogP contribution in [0.1, 0.15) is 0 Å². The lowest BCUT2D eigenvalue weighted by Crippen LogP contribution is -1.92. The van der Waals surface area contributed by atoms with Crippen molar-refractivity contribution in [3.63, 3.8) is 0 Å². The fraction of sp³-hybridized carbons (Fsp3) is 0.111. The third kappa shape index (κ3) is 1.21. The van der Waals surface area contributed by atoms with Crippen molar-refractivity contribution >= 4 is 0 Å². The van der Waals surface area contributed by atoms with Crippen molar-refractivity contribution in [3.8, 4) is 11.3 Å². The quantitative estimate of drug-likeness (QED) is 0.497. The standard InChI is InChI=1S/C5H3N.C4H6N2/c1-2-5-4(1)3-6-5;1-6-4-2-3-5-6/h1-3H;2-4H,1H3. The molecule has 3 rings (SSSR count). The summed E-state index contributed by atoms with van der Waals surface area (Å²) < 4.78 is 1.75. The van der Waals surface area contributed by atoms with Gasteiger partial charge >= 0.3 is 0 Å². The first kappa shape index (κ1) is 7.03. The van der Waals surface area contributed by atoms with E-state index in [1.54, 1.807) is 10.9 Å². The Morgan fingerprint density at radius 3 is 2.25 bits per heavy atom. The molecule has 0 atom stereocenters. The van der Waals surface area contributed by atoms with E-state index in [0.29, 0.717) is 0 Å². The first-order chi connectivity index (χ1) is 5.86. The molecule has 0 amide bonds. The molecule has 0 fully saturated rings. The second kappa shape index (κ2) is 2.77. The van der Waals surface area contributed by atoms with Gasteiger partial charge in [0, 0.05) is 31.2 Å². The Morgan fingerprint density at radius 2 is 2.17 bits per heavy atom. The minimum absolute atomic E-state index is 1.18. The van der Waals surface area contributed by atoms with Crippen LogP contribution in [0.5, 0.6) is 0 Å². The van der Waals surface area contributed by atoms with Gasteiger partial charge in [0.1, 0.15) is 0 Å². The molecule has 1 aliphatic heterocycles. The van der Waals surface area contributed by atoms with Crippen LogP contribution in [0.15, 0.2) is 36.8 Å². The van der Waals surface area contributed by atoms with Crippen molar-refractivity contribution in [3.05, 3.63) is 36.8 Å². The summed E-state index contributed by atoms with van der Waals surface area (Å²) in [6.07, 6.45) is 5.51. The van der Waals surface area contributed by atoms with Crippen LogP contribution in [0.2, 0.25) is 0 Å². The Balaban J connectivity index is 0.0000000939. The number of nitrogens with zero attached hydrogens (tertiary/aromatic N) is 3. The van der Waals surface area contributed by atoms with Crippen LogP contribution < -0.4 is 0 Å². The third-order valence-electron chi connectivity index (χ3n) is 1.70. The normalized spacial score (nSPS) is 10.1. The molecule has 2 aliphatic rings. The molecule has 0 unspecified atom stereocenters. The third-order valence-corrected chi connectivity index (χ3v) is 1.70. The van der Waals surface area contributed by atoms with Gasteiger partial charge in [0.05, 0.1) is 5.69 Å². The Labute approximate surface area is 70.7 Å². The molecule has 1 aromatic rings. The van der Waals surface area contributed by atoms with Gasteiger partial charge in [0.25, 0.3) is 0 Å². The molecule has 3 heteroatoms. The van der Waals surface area contributed by atoms with Gasteiger partial charge in [0.15, 0.2) is 0 Å². The maximum absolute atomic E-state index is 3.91. The number of pyridine rings is 1. The van der Waals surface area contributed by atoms with E-state index < -0.39 is 0 Å². The zero-order valence-corrected chi connectivity index (χ0v) is 6.81. The molecule has 0 bridgehead atoms. The molecule has 0 saturated carbocycles. The summed E-state index contributed by atoms with van der Waals surface area (Å²) in [4.78, 5) is 3.91. The molecule has 0 aromatic carbocycles. The highest BCUT2D eigenvalue weighted by Crippen LogP contribution is 2.25. The maximum Gasteiger partial charge on any atom is 0.0717 e. The molecular formula is C9H9N3. The number of rotatable bonds is 0. The van der Waals surface area contributed by atoms with E-state index in [9.17, 15) is 0 Å². The second-order valence-corrected chi connectivity index (χ2v) is 2.61. The Hall–Kier alpha value is -1.64. The SMILES string of the molecule is Cn1cccn1.c1cc2ncc1-2. The molecule has 2 heterocycles. The summed E-state index contributed by atoms with van der Waals surface area (Å²) >= 11 is 0. The molecular weight excluding hydrogens is 150 g/mol. The van der Waals surface area contributed by atoms with Crippen molar-refractivity contribution in [2.24, 2.45) is 7.05 Å². The average Bonchev–Trinajstić information content (AvgIpc) is 2.49. The summed E-state index contributed by atoms with van der Waals surface area (Å²) in [6, 6.07) is 5.96. The summed E-state index contributed by atoms with van der Waals surface area (Å²) in [5.74, 6) is 0. The average molecular weight is 159 g/mol. The van der Waals surface area contributed by atoms with Crippen molar-refractivity contribution < 1.29 is 0 Å². The van der Waals surface area contributed by atoms with Gasteiger partial charge in [-0.15, -0.1) is 0 Å². The zero-order chi connectivity index (χ0) is 8.39. The summed E-state index contributed by atoms with van der Waals surface area (Å²) in [7, 11) is 1.89. The minimum atomic E-state index is 1.18. The molecule has 0 saturated heterocycles. The van der Waals surface area contributed by atoms with E-state index in [4.69, 9.17) is 0 Å². The van der Waals surface area contributed by atoms with E-state index in [0.717, 1.165) is 0 Å². The lowest BCUT2D eigenvalue weighted by molar-refractivity contribution is 0.768. The fourth-order valence-corrected chi connectivity index (χ4v) is 0.899. The minimum Gasteiger partial charge on any atom is -0.276 e. The van der Waals surface area contributed by atoms with Gasteiger partial charge in [-0.1, -0.05) is 0 Å². The first-order valence-corrected chi connectivity index (χ1v) is 3.76. The Kier molecular flexibility index (Phi) is 1.63. The predicted molar refractivity (Wildman–Crippen MR) is 46.4 cm³/mol. The molecule has 1 aromatic heterocycles. The monoisotopic (exact) mass is 159 g/mol. The fourth-order valence-electron chi connectivity index (χ4n) is 0.899. The van der Waals surface area contributed by atoms with Crippen LogP contribution in [-0.2, 0) is 7.05 Å². The second-order valence-electron chi connectivity index (χ2n) is 2.61. The van der Waals surface area contributed by atoms with E-state index >= 15 is 0 Å². The van der Waals surface area contributed by atoms with Crippen LogP contribution in [0.3, 0.4) is 0 Å². The largest absolute Gasteiger partial charge is 0.276 e. The Bertz CT molecular complexity index is 327. The van der Waals surface area contributed by atoms with E-state index in [-0.39, 0.29) is 0 Å². The van der Waals surface area contributed by atoms with Gasteiger partial charge in [-0.25, -0.2) is 0 Å². The maximum atomic E-state index is 3.91. The van der Waals surface area contributed by atoms with Crippen molar-refractivity contribution in [2.45, 2.75) is 0 Å². The molecule has 1 aliphatic carbocycles. The smallest absolute Gasteiger partial charge is 0.0717 e. The number of fused-ring (bicyclic) bond motifs is 1. The van der Waals surface area contributed by atoms with Crippen LogP contribution in [0.25, 0.3) is 11.3 Å². The van der Waals surface area contributed by atoms with E-state index in [2.05, 4.69) is 16.1 Å². The molecule has 12 heavy (non-hydrogen) atoms. The first-order valence-electron chi connectivity index (χ1n) is 3.76. The molecule has 0 spiro atoms. The number of hydrogen-bond acceptors (Lipinski definition) is 2. The lowest BCUT2D eigenvalue weighted by Gasteiger charge is -2.08. The summed E-state index contributed by atoms with van der Waals surface area (Å²) in [6.45, 7) is 0. The molecule has 0 radical (unpaired) electrons. The highest BCUT2D eigenvalue weighted by atomic mass is 15.2. The number of aryl methyl sites for hydroxylation is 1. The van der Waals surface area contributed by atoms with Gasteiger partial charge in [-0.05, 0) is 18.2 Å². The predicted octanol–water partition coefficient (Wildman–Crippen LogP) is 1.48. The molecule has 3 nitrogen and oxygen atoms in total. The van der Waals surface area contributed by atoms with Crippen molar-refractivity contribution in [1.29, 1.82) is 0 Å². The van der Waals surface area contributed by atoms with E-state index in [1.807, 2.05) is 31.6 Å². The van der Waals surface area contributed by atoms with Gasteiger partial charge < -0.3 is 0 Å². The van der Waals surface area contributed by atoms with Crippen LogP contribution in [0, 0.1) is 0 Å². The number of hydrogen-bond donors (Lipinski definition) is 0. The van der Waals surface area contributed by atoms with Gasteiger partial charge in [0.2, 0.25) is 0 Å². The summed E-state index contributed by atoms with van der Waals surface area (Å²) in [5, 5.41) is 3.83.